The number of halogens is 4. The van der Waals surface area contributed by atoms with E-state index in [9.17, 15) is 18.0 Å². The van der Waals surface area contributed by atoms with Gasteiger partial charge in [-0.1, -0.05) is 11.6 Å². The van der Waals surface area contributed by atoms with Gasteiger partial charge in [-0.3, -0.25) is 4.79 Å². The fraction of sp³-hybridized carbons (Fsp3) is 0.133. The van der Waals surface area contributed by atoms with Crippen LogP contribution in [0.5, 0.6) is 11.5 Å². The normalized spacial score (nSPS) is 11.3. The molecule has 0 aliphatic carbocycles. The zero-order chi connectivity index (χ0) is 16.5. The molecule has 0 atom stereocenters. The van der Waals surface area contributed by atoms with E-state index in [0.29, 0.717) is 5.69 Å². The average molecular weight is 330 g/mol. The molecular formula is C15H11ClF3NO2. The number of nitrogens with two attached hydrogens (primary N) is 1. The van der Waals surface area contributed by atoms with Gasteiger partial charge in [-0.15, -0.1) is 0 Å². The summed E-state index contributed by atoms with van der Waals surface area (Å²) in [5.41, 5.74) is 5.34. The van der Waals surface area contributed by atoms with Crippen LogP contribution >= 0.6 is 11.6 Å². The molecule has 116 valence electrons. The molecule has 0 radical (unpaired) electrons. The summed E-state index contributed by atoms with van der Waals surface area (Å²) < 4.78 is 43.1. The van der Waals surface area contributed by atoms with Crippen LogP contribution in [-0.4, -0.2) is 5.78 Å². The number of nitrogen functional groups attached to an aromatic ring is 1. The minimum Gasteiger partial charge on any atom is -0.456 e. The van der Waals surface area contributed by atoms with Gasteiger partial charge < -0.3 is 10.5 Å². The summed E-state index contributed by atoms with van der Waals surface area (Å²) in [4.78, 5) is 11.4. The van der Waals surface area contributed by atoms with Gasteiger partial charge in [0.25, 0.3) is 0 Å². The molecule has 2 N–H and O–H groups in total. The number of rotatable bonds is 3. The van der Waals surface area contributed by atoms with Gasteiger partial charge in [-0.05, 0) is 43.3 Å². The van der Waals surface area contributed by atoms with Crippen molar-refractivity contribution in [3.8, 4) is 11.5 Å². The van der Waals surface area contributed by atoms with E-state index < -0.39 is 11.7 Å². The van der Waals surface area contributed by atoms with Crippen LogP contribution < -0.4 is 10.5 Å². The first-order valence-electron chi connectivity index (χ1n) is 6.13. The summed E-state index contributed by atoms with van der Waals surface area (Å²) in [6, 6.07) is 7.14. The van der Waals surface area contributed by atoms with Gasteiger partial charge >= 0.3 is 6.18 Å². The molecule has 7 heteroatoms. The fourth-order valence-electron chi connectivity index (χ4n) is 1.79. The minimum atomic E-state index is -4.48. The Balaban J connectivity index is 2.32. The molecular weight excluding hydrogens is 319 g/mol. The molecule has 0 aliphatic heterocycles. The van der Waals surface area contributed by atoms with E-state index in [1.165, 1.54) is 25.1 Å². The van der Waals surface area contributed by atoms with Gasteiger partial charge in [-0.25, -0.2) is 0 Å². The van der Waals surface area contributed by atoms with Crippen LogP contribution in [-0.2, 0) is 6.18 Å². The van der Waals surface area contributed by atoms with Crippen molar-refractivity contribution in [3.63, 3.8) is 0 Å². The van der Waals surface area contributed by atoms with Crippen molar-refractivity contribution in [3.05, 3.63) is 52.5 Å². The minimum absolute atomic E-state index is 0.0499. The first kappa shape index (κ1) is 16.2. The van der Waals surface area contributed by atoms with Crippen LogP contribution in [0.1, 0.15) is 22.8 Å². The number of alkyl halides is 3. The summed E-state index contributed by atoms with van der Waals surface area (Å²) in [7, 11) is 0. The number of benzene rings is 2. The van der Waals surface area contributed by atoms with Gasteiger partial charge in [0.2, 0.25) is 0 Å². The lowest BCUT2D eigenvalue weighted by atomic mass is 10.1. The number of hydrogen-bond acceptors (Lipinski definition) is 3. The van der Waals surface area contributed by atoms with Crippen molar-refractivity contribution >= 4 is 23.1 Å². The Hall–Kier alpha value is -2.21. The summed E-state index contributed by atoms with van der Waals surface area (Å²) >= 11 is 5.80. The van der Waals surface area contributed by atoms with Crippen molar-refractivity contribution in [2.45, 2.75) is 13.1 Å². The quantitative estimate of drug-likeness (QED) is 0.641. The molecule has 3 nitrogen and oxygen atoms in total. The molecule has 2 rings (SSSR count). The first-order valence-corrected chi connectivity index (χ1v) is 6.51. The van der Waals surface area contributed by atoms with E-state index in [0.717, 1.165) is 18.2 Å². The second kappa shape index (κ2) is 5.88. The molecule has 0 heterocycles. The second-order valence-corrected chi connectivity index (χ2v) is 4.96. The third kappa shape index (κ3) is 3.51. The van der Waals surface area contributed by atoms with Crippen LogP contribution in [0.3, 0.4) is 0 Å². The lowest BCUT2D eigenvalue weighted by Gasteiger charge is -2.12. The van der Waals surface area contributed by atoms with Crippen molar-refractivity contribution in [2.75, 3.05) is 5.73 Å². The molecule has 0 saturated carbocycles. The van der Waals surface area contributed by atoms with Crippen LogP contribution in [0.25, 0.3) is 0 Å². The zero-order valence-electron chi connectivity index (χ0n) is 11.4. The number of Topliss-reactive ketones (excluding diaryl/α,β-unsaturated/α-hetero) is 1. The average Bonchev–Trinajstić information content (AvgIpc) is 2.41. The number of carbonyl (C=O) groups excluding carboxylic acids is 1. The van der Waals surface area contributed by atoms with E-state index >= 15 is 0 Å². The first-order chi connectivity index (χ1) is 10.2. The van der Waals surface area contributed by atoms with Crippen LogP contribution in [0.15, 0.2) is 36.4 Å². The number of ketones is 1. The number of hydrogen-bond donors (Lipinski definition) is 1. The molecule has 2 aromatic carbocycles. The number of ether oxygens (including phenoxy) is 1. The van der Waals surface area contributed by atoms with Crippen molar-refractivity contribution in [1.29, 1.82) is 0 Å². The Kier molecular flexibility index (Phi) is 4.32. The molecule has 0 aromatic heterocycles. The molecule has 0 bridgehead atoms. The maximum atomic E-state index is 12.6. The van der Waals surface area contributed by atoms with Gasteiger partial charge in [0.1, 0.15) is 11.5 Å². The highest BCUT2D eigenvalue weighted by atomic mass is 35.5. The lowest BCUT2D eigenvalue weighted by Crippen LogP contribution is -2.04. The largest absolute Gasteiger partial charge is 0.456 e. The Morgan fingerprint density at radius 3 is 2.41 bits per heavy atom. The van der Waals surface area contributed by atoms with Crippen molar-refractivity contribution in [2.24, 2.45) is 0 Å². The summed E-state index contributed by atoms with van der Waals surface area (Å²) in [5, 5.41) is -0.184. The topological polar surface area (TPSA) is 52.3 Å². The standard InChI is InChI=1S/C15H11ClF3NO2/c1-8(21)11-7-10(3-4-13(11)20)22-14-5-2-9(6-12(14)16)15(17,18)19/h2-7H,20H2,1H3. The molecule has 22 heavy (non-hydrogen) atoms. The molecule has 0 spiro atoms. The van der Waals surface area contributed by atoms with E-state index in [-0.39, 0.29) is 27.9 Å². The predicted molar refractivity (Wildman–Crippen MR) is 77.4 cm³/mol. The van der Waals surface area contributed by atoms with E-state index in [2.05, 4.69) is 0 Å². The molecule has 0 unspecified atom stereocenters. The Labute approximate surface area is 129 Å². The predicted octanol–water partition coefficient (Wildman–Crippen LogP) is 4.94. The van der Waals surface area contributed by atoms with Gasteiger partial charge in [0.15, 0.2) is 5.78 Å². The van der Waals surface area contributed by atoms with Crippen molar-refractivity contribution < 1.29 is 22.7 Å². The number of anilines is 1. The Morgan fingerprint density at radius 2 is 1.86 bits per heavy atom. The Morgan fingerprint density at radius 1 is 1.18 bits per heavy atom. The number of carbonyl (C=O) groups is 1. The third-order valence-corrected chi connectivity index (χ3v) is 3.19. The lowest BCUT2D eigenvalue weighted by molar-refractivity contribution is -0.137. The molecule has 2 aromatic rings. The molecule has 0 amide bonds. The fourth-order valence-corrected chi connectivity index (χ4v) is 2.01. The van der Waals surface area contributed by atoms with Crippen molar-refractivity contribution in [1.82, 2.24) is 0 Å². The van der Waals surface area contributed by atoms with Gasteiger partial charge in [0.05, 0.1) is 10.6 Å². The zero-order valence-corrected chi connectivity index (χ0v) is 12.1. The van der Waals surface area contributed by atoms with Crippen LogP contribution in [0.4, 0.5) is 18.9 Å². The summed E-state index contributed by atoms with van der Waals surface area (Å²) in [6.07, 6.45) is -4.48. The van der Waals surface area contributed by atoms with Gasteiger partial charge in [0, 0.05) is 11.3 Å². The third-order valence-electron chi connectivity index (χ3n) is 2.89. The van der Waals surface area contributed by atoms with E-state index in [1.54, 1.807) is 0 Å². The molecule has 0 aliphatic rings. The highest BCUT2D eigenvalue weighted by molar-refractivity contribution is 6.32. The smallest absolute Gasteiger partial charge is 0.416 e. The molecule has 0 saturated heterocycles. The van der Waals surface area contributed by atoms with Crippen LogP contribution in [0, 0.1) is 0 Å². The van der Waals surface area contributed by atoms with E-state index in [1.807, 2.05) is 0 Å². The summed E-state index contributed by atoms with van der Waals surface area (Å²) in [6.45, 7) is 1.35. The van der Waals surface area contributed by atoms with Crippen LogP contribution in [0.2, 0.25) is 5.02 Å². The maximum Gasteiger partial charge on any atom is 0.416 e. The van der Waals surface area contributed by atoms with Gasteiger partial charge in [-0.2, -0.15) is 13.2 Å². The van der Waals surface area contributed by atoms with E-state index in [4.69, 9.17) is 22.1 Å². The second-order valence-electron chi connectivity index (χ2n) is 4.55. The molecule has 0 fully saturated rings. The summed E-state index contributed by atoms with van der Waals surface area (Å²) in [5.74, 6) is 0.0523. The highest BCUT2D eigenvalue weighted by Crippen LogP contribution is 2.36. The SMILES string of the molecule is CC(=O)c1cc(Oc2ccc(C(F)(F)F)cc2Cl)ccc1N. The Bertz CT molecular complexity index is 729. The maximum absolute atomic E-state index is 12.6. The monoisotopic (exact) mass is 329 g/mol. The highest BCUT2D eigenvalue weighted by Gasteiger charge is 2.31.